The lowest BCUT2D eigenvalue weighted by Gasteiger charge is -2.13. The van der Waals surface area contributed by atoms with Crippen molar-refractivity contribution in [1.29, 1.82) is 0 Å². The Hall–Kier alpha value is -3.29. The van der Waals surface area contributed by atoms with Crippen LogP contribution in [0, 0.1) is 6.92 Å². The smallest absolute Gasteiger partial charge is 0.257 e. The Morgan fingerprint density at radius 2 is 1.88 bits per heavy atom. The molecule has 0 aliphatic rings. The van der Waals surface area contributed by atoms with Gasteiger partial charge in [0.25, 0.3) is 5.91 Å². The number of anilines is 1. The number of hydrogen-bond donors (Lipinski definition) is 2. The van der Waals surface area contributed by atoms with Crippen molar-refractivity contribution in [2.24, 2.45) is 0 Å². The van der Waals surface area contributed by atoms with E-state index in [4.69, 9.17) is 21.9 Å². The average molecular weight is 476 g/mol. The van der Waals surface area contributed by atoms with E-state index in [1.165, 1.54) is 0 Å². The molecule has 1 aromatic heterocycles. The lowest BCUT2D eigenvalue weighted by molar-refractivity contribution is 0.0977. The highest BCUT2D eigenvalue weighted by atomic mass is 32.1. The van der Waals surface area contributed by atoms with E-state index in [1.54, 1.807) is 35.6 Å². The lowest BCUT2D eigenvalue weighted by Crippen LogP contribution is -2.34. The molecule has 0 fully saturated rings. The van der Waals surface area contributed by atoms with E-state index < -0.39 is 0 Å². The molecule has 0 spiro atoms. The first-order valence-corrected chi connectivity index (χ1v) is 12.1. The van der Waals surface area contributed by atoms with Gasteiger partial charge in [0.1, 0.15) is 10.8 Å². The van der Waals surface area contributed by atoms with Crippen LogP contribution in [0.4, 0.5) is 5.69 Å². The third-order valence-corrected chi connectivity index (χ3v) is 6.43. The minimum atomic E-state index is -0.271. The Morgan fingerprint density at radius 3 is 2.64 bits per heavy atom. The molecule has 4 rings (SSSR count). The first kappa shape index (κ1) is 22.9. The van der Waals surface area contributed by atoms with Crippen molar-refractivity contribution in [1.82, 2.24) is 10.3 Å². The number of thiocarbonyl (C=S) groups is 1. The largest absolute Gasteiger partial charge is 0.494 e. The van der Waals surface area contributed by atoms with Crippen molar-refractivity contribution in [2.75, 3.05) is 11.9 Å². The van der Waals surface area contributed by atoms with Crippen LogP contribution >= 0.6 is 23.6 Å². The number of fused-ring (bicyclic) bond motifs is 1. The Morgan fingerprint density at radius 1 is 1.09 bits per heavy atom. The fourth-order valence-corrected chi connectivity index (χ4v) is 4.42. The molecule has 168 valence electrons. The van der Waals surface area contributed by atoms with Crippen LogP contribution in [0.25, 0.3) is 20.8 Å². The van der Waals surface area contributed by atoms with Gasteiger partial charge in [-0.1, -0.05) is 37.6 Å². The topological polar surface area (TPSA) is 63.2 Å². The second kappa shape index (κ2) is 10.6. The predicted molar refractivity (Wildman–Crippen MR) is 140 cm³/mol. The van der Waals surface area contributed by atoms with Crippen molar-refractivity contribution < 1.29 is 9.53 Å². The molecule has 0 aliphatic carbocycles. The minimum absolute atomic E-state index is 0.243. The van der Waals surface area contributed by atoms with Gasteiger partial charge in [-0.15, -0.1) is 11.3 Å². The van der Waals surface area contributed by atoms with Crippen molar-refractivity contribution >= 4 is 50.5 Å². The first-order valence-electron chi connectivity index (χ1n) is 10.9. The third kappa shape index (κ3) is 5.74. The van der Waals surface area contributed by atoms with E-state index in [0.29, 0.717) is 12.2 Å². The molecule has 0 radical (unpaired) electrons. The molecule has 5 nitrogen and oxygen atoms in total. The summed E-state index contributed by atoms with van der Waals surface area (Å²) in [5, 5.41) is 7.09. The number of carbonyl (C=O) groups excluding carboxylic acids is 1. The summed E-state index contributed by atoms with van der Waals surface area (Å²) in [7, 11) is 0. The number of aromatic nitrogens is 1. The van der Waals surface area contributed by atoms with E-state index in [2.05, 4.69) is 23.6 Å². The van der Waals surface area contributed by atoms with E-state index in [-0.39, 0.29) is 11.0 Å². The number of carbonyl (C=O) groups is 1. The summed E-state index contributed by atoms with van der Waals surface area (Å²) in [6.45, 7) is 4.78. The number of ether oxygens (including phenoxy) is 1. The third-order valence-electron chi connectivity index (χ3n) is 5.14. The van der Waals surface area contributed by atoms with Crippen LogP contribution in [0.15, 0.2) is 66.7 Å². The molecule has 7 heteroatoms. The Balaban J connectivity index is 1.41. The van der Waals surface area contributed by atoms with Gasteiger partial charge < -0.3 is 10.1 Å². The molecule has 0 saturated carbocycles. The second-order valence-corrected chi connectivity index (χ2v) is 9.09. The number of aryl methyl sites for hydroxylation is 1. The van der Waals surface area contributed by atoms with Crippen LogP contribution in [0.1, 0.15) is 35.7 Å². The quantitative estimate of drug-likeness (QED) is 0.234. The fourth-order valence-electron chi connectivity index (χ4n) is 3.25. The highest BCUT2D eigenvalue weighted by Crippen LogP contribution is 2.32. The standard InChI is InChI=1S/C26H25N3O2S2/c1-3-4-15-31-20-13-11-18(12-14-20)24(30)29-26(32)28-22-16-19(10-9-17(22)2)25-27-21-7-5-6-8-23(21)33-25/h5-14,16H,3-4,15H2,1-2H3,(H2,28,29,30,32). The number of thiazole rings is 1. The van der Waals surface area contributed by atoms with Crippen LogP contribution in [0.5, 0.6) is 5.75 Å². The zero-order valence-corrected chi connectivity index (χ0v) is 20.2. The zero-order chi connectivity index (χ0) is 23.2. The normalized spacial score (nSPS) is 10.7. The van der Waals surface area contributed by atoms with Gasteiger partial charge in [-0.05, 0) is 73.6 Å². The van der Waals surface area contributed by atoms with Gasteiger partial charge in [0.15, 0.2) is 5.11 Å². The summed E-state index contributed by atoms with van der Waals surface area (Å²) >= 11 is 7.05. The van der Waals surface area contributed by atoms with Crippen molar-refractivity contribution in [3.05, 3.63) is 77.9 Å². The maximum absolute atomic E-state index is 12.6. The van der Waals surface area contributed by atoms with Gasteiger partial charge in [0, 0.05) is 16.8 Å². The number of unbranched alkanes of at least 4 members (excludes halogenated alkanes) is 1. The highest BCUT2D eigenvalue weighted by molar-refractivity contribution is 7.80. The van der Waals surface area contributed by atoms with Crippen LogP contribution < -0.4 is 15.4 Å². The molecular formula is C26H25N3O2S2. The van der Waals surface area contributed by atoms with Gasteiger partial charge in [0.05, 0.1) is 16.8 Å². The Kier molecular flexibility index (Phi) is 7.32. The van der Waals surface area contributed by atoms with Gasteiger partial charge in [-0.2, -0.15) is 0 Å². The maximum atomic E-state index is 12.6. The predicted octanol–water partition coefficient (Wildman–Crippen LogP) is 6.58. The molecule has 4 aromatic rings. The molecule has 0 saturated heterocycles. The second-order valence-electron chi connectivity index (χ2n) is 7.65. The molecule has 33 heavy (non-hydrogen) atoms. The summed E-state index contributed by atoms with van der Waals surface area (Å²) in [6.07, 6.45) is 2.08. The van der Waals surface area contributed by atoms with Crippen molar-refractivity contribution in [3.8, 4) is 16.3 Å². The molecule has 1 heterocycles. The SMILES string of the molecule is CCCCOc1ccc(C(=O)NC(=S)Nc2cc(-c3nc4ccccc4s3)ccc2C)cc1. The van der Waals surface area contributed by atoms with Gasteiger partial charge >= 0.3 is 0 Å². The molecule has 3 aromatic carbocycles. The zero-order valence-electron chi connectivity index (χ0n) is 18.6. The van der Waals surface area contributed by atoms with E-state index in [9.17, 15) is 4.79 Å². The number of nitrogens with zero attached hydrogens (tertiary/aromatic N) is 1. The first-order chi connectivity index (χ1) is 16.0. The molecule has 0 atom stereocenters. The van der Waals surface area contributed by atoms with E-state index in [1.807, 2.05) is 43.3 Å². The number of para-hydroxylation sites is 1. The van der Waals surface area contributed by atoms with Crippen molar-refractivity contribution in [3.63, 3.8) is 0 Å². The van der Waals surface area contributed by atoms with Gasteiger partial charge in [0.2, 0.25) is 0 Å². The van der Waals surface area contributed by atoms with Crippen LogP contribution in [-0.2, 0) is 0 Å². The minimum Gasteiger partial charge on any atom is -0.494 e. The average Bonchev–Trinajstić information content (AvgIpc) is 3.25. The number of hydrogen-bond acceptors (Lipinski definition) is 5. The monoisotopic (exact) mass is 475 g/mol. The molecule has 1 amide bonds. The van der Waals surface area contributed by atoms with Gasteiger partial charge in [-0.25, -0.2) is 4.98 Å². The summed E-state index contributed by atoms with van der Waals surface area (Å²) in [5.41, 5.74) is 4.35. The van der Waals surface area contributed by atoms with E-state index in [0.717, 1.165) is 50.6 Å². The summed E-state index contributed by atoms with van der Waals surface area (Å²) in [6, 6.07) is 21.2. The van der Waals surface area contributed by atoms with Crippen LogP contribution in [0.3, 0.4) is 0 Å². The Bertz CT molecular complexity index is 1250. The Labute approximate surface area is 202 Å². The fraction of sp³-hybridized carbons (Fsp3) is 0.192. The lowest BCUT2D eigenvalue weighted by atomic mass is 10.1. The number of rotatable bonds is 7. The number of amides is 1. The summed E-state index contributed by atoms with van der Waals surface area (Å²) in [5.74, 6) is 0.482. The van der Waals surface area contributed by atoms with Crippen LogP contribution in [0.2, 0.25) is 0 Å². The maximum Gasteiger partial charge on any atom is 0.257 e. The van der Waals surface area contributed by atoms with E-state index >= 15 is 0 Å². The number of nitrogens with one attached hydrogen (secondary N) is 2. The molecule has 0 bridgehead atoms. The van der Waals surface area contributed by atoms with Crippen molar-refractivity contribution in [2.45, 2.75) is 26.7 Å². The molecule has 0 unspecified atom stereocenters. The molecular weight excluding hydrogens is 450 g/mol. The van der Waals surface area contributed by atoms with Crippen LogP contribution in [-0.4, -0.2) is 22.6 Å². The number of benzene rings is 3. The summed E-state index contributed by atoms with van der Waals surface area (Å²) < 4.78 is 6.79. The van der Waals surface area contributed by atoms with Gasteiger partial charge in [-0.3, -0.25) is 10.1 Å². The highest BCUT2D eigenvalue weighted by Gasteiger charge is 2.12. The molecule has 0 aliphatic heterocycles. The molecule has 2 N–H and O–H groups in total. The summed E-state index contributed by atoms with van der Waals surface area (Å²) in [4.78, 5) is 17.3.